The zero-order valence-corrected chi connectivity index (χ0v) is 12.3. The summed E-state index contributed by atoms with van der Waals surface area (Å²) < 4.78 is 5.82. The molecule has 1 aromatic rings. The smallest absolute Gasteiger partial charge is 0.119 e. The minimum atomic E-state index is -0.530. The summed E-state index contributed by atoms with van der Waals surface area (Å²) in [7, 11) is 0. The Hall–Kier alpha value is -1.06. The van der Waals surface area contributed by atoms with E-state index in [1.807, 2.05) is 6.92 Å². The Bertz CT molecular complexity index is 409. The Labute approximate surface area is 116 Å². The molecule has 0 spiro atoms. The Kier molecular flexibility index (Phi) is 4.48. The van der Waals surface area contributed by atoms with Crippen molar-refractivity contribution in [3.8, 4) is 5.75 Å². The van der Waals surface area contributed by atoms with Crippen LogP contribution in [0.5, 0.6) is 5.75 Å². The van der Waals surface area contributed by atoms with Crippen LogP contribution >= 0.6 is 0 Å². The molecule has 19 heavy (non-hydrogen) atoms. The fourth-order valence-electron chi connectivity index (χ4n) is 2.82. The van der Waals surface area contributed by atoms with Crippen molar-refractivity contribution in [1.29, 1.82) is 0 Å². The van der Waals surface area contributed by atoms with Gasteiger partial charge >= 0.3 is 0 Å². The average Bonchev–Trinajstić information content (AvgIpc) is 2.26. The fourth-order valence-corrected chi connectivity index (χ4v) is 2.82. The summed E-state index contributed by atoms with van der Waals surface area (Å²) >= 11 is 0. The number of β-amino-alcohol motifs (C(OH)–C–C–N with tert-alkyl or cyclic N) is 1. The number of hydrogen-bond acceptors (Lipinski definition) is 3. The lowest BCUT2D eigenvalue weighted by atomic mass is 9.95. The number of likely N-dealkylation sites (tertiary alicyclic amines) is 1. The highest BCUT2D eigenvalue weighted by Crippen LogP contribution is 2.20. The van der Waals surface area contributed by atoms with Crippen LogP contribution in [0.3, 0.4) is 0 Å². The molecular weight excluding hydrogens is 238 g/mol. The summed E-state index contributed by atoms with van der Waals surface area (Å²) in [4.78, 5) is 2.28. The minimum Gasteiger partial charge on any atom is -0.492 e. The molecular formula is C16H25NO2. The van der Waals surface area contributed by atoms with Crippen LogP contribution in [0, 0.1) is 13.8 Å². The summed E-state index contributed by atoms with van der Waals surface area (Å²) in [5.74, 6) is 0.946. The number of ether oxygens (including phenoxy) is 1. The van der Waals surface area contributed by atoms with Gasteiger partial charge in [-0.2, -0.15) is 0 Å². The van der Waals surface area contributed by atoms with Crippen molar-refractivity contribution < 1.29 is 9.84 Å². The van der Waals surface area contributed by atoms with Gasteiger partial charge in [-0.1, -0.05) is 6.07 Å². The van der Waals surface area contributed by atoms with Crippen LogP contribution in [-0.4, -0.2) is 41.8 Å². The Morgan fingerprint density at radius 1 is 1.26 bits per heavy atom. The first kappa shape index (κ1) is 14.4. The Balaban J connectivity index is 1.80. The summed E-state index contributed by atoms with van der Waals surface area (Å²) in [5.41, 5.74) is 1.94. The maximum atomic E-state index is 10.1. The number of piperidine rings is 1. The molecule has 1 atom stereocenters. The first-order valence-electron chi connectivity index (χ1n) is 7.10. The Morgan fingerprint density at radius 2 is 1.95 bits per heavy atom. The van der Waals surface area contributed by atoms with Crippen molar-refractivity contribution >= 4 is 0 Å². The van der Waals surface area contributed by atoms with Crippen LogP contribution in [0.2, 0.25) is 0 Å². The third-order valence-corrected chi connectivity index (χ3v) is 3.63. The number of benzene rings is 1. The molecule has 0 saturated carbocycles. The summed E-state index contributed by atoms with van der Waals surface area (Å²) in [6.07, 6.45) is 1.97. The fraction of sp³-hybridized carbons (Fsp3) is 0.625. The van der Waals surface area contributed by atoms with Gasteiger partial charge in [-0.15, -0.1) is 0 Å². The molecule has 0 radical (unpaired) electrons. The predicted octanol–water partition coefficient (Wildman–Crippen LogP) is 2.53. The minimum absolute atomic E-state index is 0.530. The second-order valence-electron chi connectivity index (χ2n) is 6.05. The number of hydrogen-bond donors (Lipinski definition) is 1. The largest absolute Gasteiger partial charge is 0.492 e. The van der Waals surface area contributed by atoms with E-state index < -0.39 is 5.60 Å². The molecule has 106 valence electrons. The van der Waals surface area contributed by atoms with Crippen LogP contribution in [0.15, 0.2) is 18.2 Å². The van der Waals surface area contributed by atoms with E-state index in [9.17, 15) is 5.11 Å². The zero-order chi connectivity index (χ0) is 13.9. The van der Waals surface area contributed by atoms with E-state index >= 15 is 0 Å². The molecule has 1 fully saturated rings. The van der Waals surface area contributed by atoms with E-state index in [2.05, 4.69) is 36.9 Å². The van der Waals surface area contributed by atoms with Gasteiger partial charge in [0.15, 0.2) is 0 Å². The number of aryl methyl sites for hydroxylation is 2. The predicted molar refractivity (Wildman–Crippen MR) is 77.7 cm³/mol. The van der Waals surface area contributed by atoms with Crippen molar-refractivity contribution in [3.05, 3.63) is 29.3 Å². The lowest BCUT2D eigenvalue weighted by Gasteiger charge is -2.36. The van der Waals surface area contributed by atoms with E-state index in [-0.39, 0.29) is 0 Å². The first-order chi connectivity index (χ1) is 8.94. The van der Waals surface area contributed by atoms with Crippen LogP contribution in [-0.2, 0) is 0 Å². The highest BCUT2D eigenvalue weighted by Gasteiger charge is 2.27. The van der Waals surface area contributed by atoms with Crippen LogP contribution < -0.4 is 4.74 Å². The van der Waals surface area contributed by atoms with E-state index in [1.54, 1.807) is 0 Å². The first-order valence-corrected chi connectivity index (χ1v) is 7.10. The van der Waals surface area contributed by atoms with Gasteiger partial charge in [-0.05, 0) is 63.4 Å². The van der Waals surface area contributed by atoms with Crippen molar-refractivity contribution in [2.75, 3.05) is 26.2 Å². The van der Waals surface area contributed by atoms with Gasteiger partial charge in [-0.25, -0.2) is 0 Å². The lowest BCUT2D eigenvalue weighted by Crippen LogP contribution is -2.47. The highest BCUT2D eigenvalue weighted by atomic mass is 16.5. The number of rotatable bonds is 4. The lowest BCUT2D eigenvalue weighted by molar-refractivity contribution is -0.0183. The second-order valence-corrected chi connectivity index (χ2v) is 6.05. The van der Waals surface area contributed by atoms with Crippen molar-refractivity contribution in [2.24, 2.45) is 0 Å². The molecule has 3 heteroatoms. The summed E-state index contributed by atoms with van der Waals surface area (Å²) in [5, 5.41) is 10.1. The third-order valence-electron chi connectivity index (χ3n) is 3.63. The molecule has 0 amide bonds. The van der Waals surface area contributed by atoms with E-state index in [1.165, 1.54) is 11.1 Å². The monoisotopic (exact) mass is 263 g/mol. The maximum absolute atomic E-state index is 10.1. The van der Waals surface area contributed by atoms with Crippen molar-refractivity contribution in [1.82, 2.24) is 4.90 Å². The molecule has 1 aliphatic heterocycles. The summed E-state index contributed by atoms with van der Waals surface area (Å²) in [6, 6.07) is 6.29. The van der Waals surface area contributed by atoms with Gasteiger partial charge in [0.1, 0.15) is 12.4 Å². The molecule has 2 rings (SSSR count). The molecule has 1 heterocycles. The molecule has 1 aliphatic rings. The van der Waals surface area contributed by atoms with Crippen LogP contribution in [0.4, 0.5) is 0 Å². The van der Waals surface area contributed by atoms with Crippen molar-refractivity contribution in [2.45, 2.75) is 39.2 Å². The average molecular weight is 263 g/mol. The molecule has 1 N–H and O–H groups in total. The second kappa shape index (κ2) is 5.93. The molecule has 0 aliphatic carbocycles. The maximum Gasteiger partial charge on any atom is 0.119 e. The quantitative estimate of drug-likeness (QED) is 0.906. The molecule has 3 nitrogen and oxygen atoms in total. The standard InChI is InChI=1S/C16H25NO2/c1-13-9-14(2)11-15(10-13)19-8-7-17-6-4-5-16(3,18)12-17/h9-11,18H,4-8,12H2,1-3H3. The molecule has 1 unspecified atom stereocenters. The highest BCUT2D eigenvalue weighted by molar-refractivity contribution is 5.32. The van der Waals surface area contributed by atoms with Gasteiger partial charge in [0.2, 0.25) is 0 Å². The van der Waals surface area contributed by atoms with Crippen LogP contribution in [0.25, 0.3) is 0 Å². The number of aliphatic hydroxyl groups is 1. The van der Waals surface area contributed by atoms with E-state index in [4.69, 9.17) is 4.74 Å². The molecule has 1 aromatic carbocycles. The number of nitrogens with zero attached hydrogens (tertiary/aromatic N) is 1. The zero-order valence-electron chi connectivity index (χ0n) is 12.3. The van der Waals surface area contributed by atoms with Gasteiger partial charge in [0.05, 0.1) is 5.60 Å². The molecule has 1 saturated heterocycles. The SMILES string of the molecule is Cc1cc(C)cc(OCCN2CCCC(C)(O)C2)c1. The van der Waals surface area contributed by atoms with Crippen molar-refractivity contribution in [3.63, 3.8) is 0 Å². The van der Waals surface area contributed by atoms with Gasteiger partial charge in [0, 0.05) is 13.1 Å². The van der Waals surface area contributed by atoms with Gasteiger partial charge in [0.25, 0.3) is 0 Å². The summed E-state index contributed by atoms with van der Waals surface area (Å²) in [6.45, 7) is 9.46. The Morgan fingerprint density at radius 3 is 2.58 bits per heavy atom. The molecule has 0 aromatic heterocycles. The topological polar surface area (TPSA) is 32.7 Å². The van der Waals surface area contributed by atoms with E-state index in [0.717, 1.165) is 38.2 Å². The van der Waals surface area contributed by atoms with Gasteiger partial charge < -0.3 is 9.84 Å². The van der Waals surface area contributed by atoms with E-state index in [0.29, 0.717) is 6.61 Å². The molecule has 0 bridgehead atoms. The normalized spacial score (nSPS) is 24.4. The van der Waals surface area contributed by atoms with Crippen LogP contribution in [0.1, 0.15) is 30.9 Å². The van der Waals surface area contributed by atoms with Gasteiger partial charge in [-0.3, -0.25) is 4.90 Å². The third kappa shape index (κ3) is 4.51.